The van der Waals surface area contributed by atoms with Gasteiger partial charge in [0.15, 0.2) is 13.6 Å². The quantitative estimate of drug-likeness (QED) is 0.188. The predicted molar refractivity (Wildman–Crippen MR) is 107 cm³/mol. The van der Waals surface area contributed by atoms with Gasteiger partial charge in [0, 0.05) is 48.0 Å². The van der Waals surface area contributed by atoms with Crippen LogP contribution < -0.4 is 0 Å². The van der Waals surface area contributed by atoms with E-state index < -0.39 is 67.3 Å². The molecule has 0 saturated heterocycles. The third-order valence-corrected chi connectivity index (χ3v) is 3.65. The maximum absolute atomic E-state index is 12.1. The monoisotopic (exact) mass is 494 g/mol. The molecule has 194 valence electrons. The maximum atomic E-state index is 12.1. The summed E-state index contributed by atoms with van der Waals surface area (Å²) >= 11 is 0. The Balaban J connectivity index is 7.17. The van der Waals surface area contributed by atoms with Gasteiger partial charge in [-0.1, -0.05) is 6.92 Å². The molecule has 0 aromatic rings. The fraction of sp³-hybridized carbons (Fsp3) is 0.700. The molecular weight excluding hydrogens is 464 g/mol. The molecule has 14 heteroatoms. The van der Waals surface area contributed by atoms with Crippen LogP contribution in [0, 0.1) is 0 Å². The maximum Gasteiger partial charge on any atom is 0.330 e. The zero-order valence-electron chi connectivity index (χ0n) is 20.1. The van der Waals surface area contributed by atoms with Gasteiger partial charge in [-0.25, -0.2) is 0 Å². The van der Waals surface area contributed by atoms with Crippen LogP contribution in [0.3, 0.4) is 0 Å². The van der Waals surface area contributed by atoms with E-state index in [0.717, 1.165) is 41.5 Å². The van der Waals surface area contributed by atoms with Crippen molar-refractivity contribution in [2.45, 2.75) is 79.2 Å². The number of rotatable bonds is 14. The fourth-order valence-electron chi connectivity index (χ4n) is 2.69. The van der Waals surface area contributed by atoms with E-state index >= 15 is 0 Å². The van der Waals surface area contributed by atoms with E-state index in [9.17, 15) is 28.8 Å². The Morgan fingerprint density at radius 3 is 1.26 bits per heavy atom. The summed E-state index contributed by atoms with van der Waals surface area (Å²) in [6.07, 6.45) is -2.46. The number of ether oxygens (including phenoxy) is 8. The van der Waals surface area contributed by atoms with Crippen LogP contribution in [0.1, 0.15) is 61.3 Å². The highest BCUT2D eigenvalue weighted by Gasteiger charge is 2.68. The zero-order chi connectivity index (χ0) is 26.5. The lowest BCUT2D eigenvalue weighted by atomic mass is 9.98. The second-order valence-electron chi connectivity index (χ2n) is 6.70. The van der Waals surface area contributed by atoms with Crippen LogP contribution in [0.15, 0.2) is 0 Å². The molecule has 14 nitrogen and oxygen atoms in total. The molecular formula is C20H30O14. The van der Waals surface area contributed by atoms with Crippen LogP contribution in [-0.4, -0.2) is 67.3 Å². The molecule has 0 aromatic carbocycles. The van der Waals surface area contributed by atoms with Crippen molar-refractivity contribution in [2.24, 2.45) is 0 Å². The highest BCUT2D eigenvalue weighted by Crippen LogP contribution is 2.42. The number of esters is 6. The van der Waals surface area contributed by atoms with Crippen molar-refractivity contribution in [3.05, 3.63) is 0 Å². The normalized spacial score (nSPS) is 11.3. The zero-order valence-corrected chi connectivity index (χ0v) is 20.1. The second kappa shape index (κ2) is 14.1. The number of carbonyl (C=O) groups excluding carboxylic acids is 6. The lowest BCUT2D eigenvalue weighted by molar-refractivity contribution is -0.453. The molecule has 0 spiro atoms. The smallest absolute Gasteiger partial charge is 0.330 e. The predicted octanol–water partition coefficient (Wildman–Crippen LogP) is 0.832. The molecule has 0 bridgehead atoms. The van der Waals surface area contributed by atoms with E-state index in [0.29, 0.717) is 0 Å². The minimum absolute atomic E-state index is 0.128. The molecule has 0 atom stereocenters. The molecule has 0 aromatic heterocycles. The van der Waals surface area contributed by atoms with Crippen molar-refractivity contribution < 1.29 is 66.7 Å². The molecule has 0 radical (unpaired) electrons. The van der Waals surface area contributed by atoms with Gasteiger partial charge in [-0.2, -0.15) is 0 Å². The van der Waals surface area contributed by atoms with Crippen molar-refractivity contribution in [2.75, 3.05) is 13.6 Å². The Morgan fingerprint density at radius 2 is 1.00 bits per heavy atom. The lowest BCUT2D eigenvalue weighted by Crippen LogP contribution is -2.69. The van der Waals surface area contributed by atoms with Gasteiger partial charge in [0.2, 0.25) is 0 Å². The summed E-state index contributed by atoms with van der Waals surface area (Å²) in [7, 11) is 0. The SMILES string of the molecule is CCCC(OC(C)=O)(OC(C)=O)C(OCOC(C)=O)(OCOC(C)=O)C(OC(C)=O)OC(C)=O. The Bertz CT molecular complexity index is 706. The molecule has 34 heavy (non-hydrogen) atoms. The van der Waals surface area contributed by atoms with Gasteiger partial charge in [0.05, 0.1) is 0 Å². The van der Waals surface area contributed by atoms with Gasteiger partial charge in [0.25, 0.3) is 0 Å². The van der Waals surface area contributed by atoms with E-state index in [4.69, 9.17) is 37.9 Å². The van der Waals surface area contributed by atoms with Crippen LogP contribution in [-0.2, 0) is 66.7 Å². The van der Waals surface area contributed by atoms with E-state index in [-0.39, 0.29) is 12.8 Å². The molecule has 0 aliphatic carbocycles. The molecule has 0 N–H and O–H groups in total. The summed E-state index contributed by atoms with van der Waals surface area (Å²) in [5.74, 6) is -11.2. The highest BCUT2D eigenvalue weighted by atomic mass is 16.9. The van der Waals surface area contributed by atoms with E-state index in [1.54, 1.807) is 6.92 Å². The van der Waals surface area contributed by atoms with E-state index in [1.807, 2.05) is 0 Å². The topological polar surface area (TPSA) is 176 Å². The highest BCUT2D eigenvalue weighted by molar-refractivity contribution is 5.70. The first-order valence-corrected chi connectivity index (χ1v) is 9.99. The molecule has 0 unspecified atom stereocenters. The largest absolute Gasteiger partial charge is 0.439 e. The molecule has 0 rings (SSSR count). The Morgan fingerprint density at radius 1 is 0.618 bits per heavy atom. The first kappa shape index (κ1) is 30.7. The van der Waals surface area contributed by atoms with Gasteiger partial charge in [0.1, 0.15) is 0 Å². The Kier molecular flexibility index (Phi) is 12.7. The number of hydrogen-bond acceptors (Lipinski definition) is 14. The molecule has 0 heterocycles. The lowest BCUT2D eigenvalue weighted by Gasteiger charge is -2.47. The van der Waals surface area contributed by atoms with Gasteiger partial charge < -0.3 is 28.4 Å². The van der Waals surface area contributed by atoms with Crippen molar-refractivity contribution in [1.82, 2.24) is 0 Å². The Labute approximate surface area is 196 Å². The van der Waals surface area contributed by atoms with Gasteiger partial charge in [-0.3, -0.25) is 38.2 Å². The van der Waals surface area contributed by atoms with E-state index in [2.05, 4.69) is 0 Å². The summed E-state index contributed by atoms with van der Waals surface area (Å²) in [5.41, 5.74) is 0. The average molecular weight is 494 g/mol. The van der Waals surface area contributed by atoms with Crippen molar-refractivity contribution in [3.63, 3.8) is 0 Å². The van der Waals surface area contributed by atoms with Crippen LogP contribution >= 0.6 is 0 Å². The van der Waals surface area contributed by atoms with Crippen molar-refractivity contribution in [3.8, 4) is 0 Å². The van der Waals surface area contributed by atoms with Crippen LogP contribution in [0.25, 0.3) is 0 Å². The minimum Gasteiger partial charge on any atom is -0.439 e. The number of carbonyl (C=O) groups is 6. The van der Waals surface area contributed by atoms with Crippen LogP contribution in [0.5, 0.6) is 0 Å². The number of hydrogen-bond donors (Lipinski definition) is 0. The molecule has 0 aliphatic heterocycles. The second-order valence-corrected chi connectivity index (χ2v) is 6.70. The van der Waals surface area contributed by atoms with Crippen molar-refractivity contribution >= 4 is 35.8 Å². The fourth-order valence-corrected chi connectivity index (χ4v) is 2.69. The third-order valence-electron chi connectivity index (χ3n) is 3.65. The van der Waals surface area contributed by atoms with Crippen LogP contribution in [0.4, 0.5) is 0 Å². The Hall–Kier alpha value is -3.26. The average Bonchev–Trinajstić information content (AvgIpc) is 2.63. The molecule has 0 aliphatic rings. The summed E-state index contributed by atoms with van der Waals surface area (Å²) in [5, 5.41) is 0. The van der Waals surface area contributed by atoms with Gasteiger partial charge in [-0.15, -0.1) is 0 Å². The van der Waals surface area contributed by atoms with Gasteiger partial charge in [-0.05, 0) is 6.42 Å². The van der Waals surface area contributed by atoms with Gasteiger partial charge >= 0.3 is 53.7 Å². The van der Waals surface area contributed by atoms with E-state index in [1.165, 1.54) is 0 Å². The summed E-state index contributed by atoms with van der Waals surface area (Å²) in [4.78, 5) is 70.6. The standard InChI is InChI=1S/C20H30O14/c1-8-9-19(33-16(6)25,34-17(7)26)20(29-10-27-12(2)21,30-11-28-13(3)22)18(31-14(4)23)32-15(5)24/h18H,8-11H2,1-7H3. The molecule has 0 saturated carbocycles. The summed E-state index contributed by atoms with van der Waals surface area (Å²) in [6, 6.07) is 0. The summed E-state index contributed by atoms with van der Waals surface area (Å²) in [6.45, 7) is 5.57. The molecule has 0 amide bonds. The molecule has 0 fully saturated rings. The minimum atomic E-state index is -2.84. The first-order chi connectivity index (χ1) is 15.7. The third kappa shape index (κ3) is 9.70. The summed E-state index contributed by atoms with van der Waals surface area (Å²) < 4.78 is 41.4. The van der Waals surface area contributed by atoms with Crippen molar-refractivity contribution in [1.29, 1.82) is 0 Å². The first-order valence-electron chi connectivity index (χ1n) is 9.99. The van der Waals surface area contributed by atoms with Crippen LogP contribution in [0.2, 0.25) is 0 Å².